The van der Waals surface area contributed by atoms with Gasteiger partial charge in [-0.05, 0) is 17.7 Å². The van der Waals surface area contributed by atoms with Gasteiger partial charge in [-0.3, -0.25) is 10.1 Å². The molecule has 0 heterocycles. The van der Waals surface area contributed by atoms with Gasteiger partial charge in [0.25, 0.3) is 0 Å². The molecular formula is C6H3Cl3FNO4S. The molecule has 0 fully saturated rings. The maximum absolute atomic E-state index is 13.3. The van der Waals surface area contributed by atoms with Crippen LogP contribution in [0.3, 0.4) is 0 Å². The van der Waals surface area contributed by atoms with E-state index < -0.39 is 35.1 Å². The molecule has 90 valence electrons. The van der Waals surface area contributed by atoms with Crippen LogP contribution in [0, 0.1) is 10.1 Å². The van der Waals surface area contributed by atoms with Crippen molar-refractivity contribution in [2.45, 2.75) is 10.2 Å². The SMILES string of the molecule is O=[N+]([O-])C1(Cl)C=C(Cl)C(S(=O)(=O)Cl)C=C1F. The van der Waals surface area contributed by atoms with Crippen LogP contribution in [0.2, 0.25) is 0 Å². The van der Waals surface area contributed by atoms with Crippen LogP contribution in [0.4, 0.5) is 4.39 Å². The van der Waals surface area contributed by atoms with Crippen molar-refractivity contribution in [1.82, 2.24) is 0 Å². The van der Waals surface area contributed by atoms with Crippen molar-refractivity contribution in [3.63, 3.8) is 0 Å². The number of nitro groups is 1. The van der Waals surface area contributed by atoms with E-state index in [0.717, 1.165) is 0 Å². The van der Waals surface area contributed by atoms with Crippen LogP contribution in [0.1, 0.15) is 0 Å². The fourth-order valence-electron chi connectivity index (χ4n) is 1.02. The van der Waals surface area contributed by atoms with E-state index in [1.807, 2.05) is 0 Å². The molecule has 0 aromatic rings. The van der Waals surface area contributed by atoms with Gasteiger partial charge in [0.15, 0.2) is 5.83 Å². The topological polar surface area (TPSA) is 77.3 Å². The Hall–Kier alpha value is -0.370. The van der Waals surface area contributed by atoms with Gasteiger partial charge in [-0.1, -0.05) is 11.6 Å². The minimum atomic E-state index is -4.21. The number of hydrogen-bond acceptors (Lipinski definition) is 4. The molecule has 2 atom stereocenters. The smallest absolute Gasteiger partial charge is 0.262 e. The first-order valence-corrected chi connectivity index (χ1v) is 6.75. The lowest BCUT2D eigenvalue weighted by molar-refractivity contribution is -0.520. The van der Waals surface area contributed by atoms with Crippen LogP contribution >= 0.6 is 33.9 Å². The molecule has 0 spiro atoms. The number of rotatable bonds is 2. The molecule has 1 aliphatic carbocycles. The summed E-state index contributed by atoms with van der Waals surface area (Å²) < 4.78 is 35.2. The maximum atomic E-state index is 13.3. The molecule has 10 heteroatoms. The van der Waals surface area contributed by atoms with Crippen molar-refractivity contribution in [3.8, 4) is 0 Å². The van der Waals surface area contributed by atoms with E-state index in [9.17, 15) is 22.9 Å². The van der Waals surface area contributed by atoms with Crippen LogP contribution in [-0.2, 0) is 9.05 Å². The standard InChI is InChI=1S/C6H3Cl3FNO4S/c7-3-2-6(8,11(12)13)5(10)1-4(3)16(9,14)15/h1-2,4H. The lowest BCUT2D eigenvalue weighted by Crippen LogP contribution is -2.35. The molecule has 5 nitrogen and oxygen atoms in total. The van der Waals surface area contributed by atoms with E-state index in [1.165, 1.54) is 0 Å². The Morgan fingerprint density at radius 2 is 2.06 bits per heavy atom. The zero-order valence-corrected chi connectivity index (χ0v) is 10.3. The van der Waals surface area contributed by atoms with E-state index in [1.54, 1.807) is 0 Å². The summed E-state index contributed by atoms with van der Waals surface area (Å²) in [6.07, 6.45) is 0.899. The number of halogens is 4. The molecule has 0 radical (unpaired) electrons. The average molecular weight is 311 g/mol. The van der Waals surface area contributed by atoms with Crippen molar-refractivity contribution in [2.24, 2.45) is 0 Å². The van der Waals surface area contributed by atoms with Crippen LogP contribution in [0.25, 0.3) is 0 Å². The molecule has 0 aromatic carbocycles. The number of hydrogen-bond donors (Lipinski definition) is 0. The predicted molar refractivity (Wildman–Crippen MR) is 57.3 cm³/mol. The normalized spacial score (nSPS) is 30.6. The van der Waals surface area contributed by atoms with Crippen LogP contribution < -0.4 is 0 Å². The number of alkyl halides is 1. The molecule has 1 rings (SSSR count). The third kappa shape index (κ3) is 2.32. The fourth-order valence-corrected chi connectivity index (χ4v) is 3.03. The zero-order valence-electron chi connectivity index (χ0n) is 7.23. The number of nitrogens with zero attached hydrogens (tertiary/aromatic N) is 1. The summed E-state index contributed by atoms with van der Waals surface area (Å²) in [5.74, 6) is -1.45. The minimum Gasteiger partial charge on any atom is -0.262 e. The van der Waals surface area contributed by atoms with E-state index in [-0.39, 0.29) is 0 Å². The molecule has 1 aliphatic rings. The third-order valence-electron chi connectivity index (χ3n) is 1.80. The summed E-state index contributed by atoms with van der Waals surface area (Å²) in [5, 5.41) is 8.31. The highest BCUT2D eigenvalue weighted by atomic mass is 35.7. The molecular weight excluding hydrogens is 307 g/mol. The van der Waals surface area contributed by atoms with E-state index in [4.69, 9.17) is 33.9 Å². The summed E-state index contributed by atoms with van der Waals surface area (Å²) in [7, 11) is 0.758. The molecule has 0 aromatic heterocycles. The summed E-state index contributed by atoms with van der Waals surface area (Å²) in [4.78, 5) is 6.69. The monoisotopic (exact) mass is 309 g/mol. The van der Waals surface area contributed by atoms with Gasteiger partial charge >= 0.3 is 5.00 Å². The van der Waals surface area contributed by atoms with Crippen molar-refractivity contribution in [2.75, 3.05) is 0 Å². The van der Waals surface area contributed by atoms with Gasteiger partial charge in [-0.15, -0.1) is 0 Å². The van der Waals surface area contributed by atoms with Crippen molar-refractivity contribution < 1.29 is 17.7 Å². The van der Waals surface area contributed by atoms with Gasteiger partial charge < -0.3 is 0 Å². The van der Waals surface area contributed by atoms with E-state index in [0.29, 0.717) is 12.2 Å². The lowest BCUT2D eigenvalue weighted by atomic mass is 10.1. The second-order valence-corrected chi connectivity index (χ2v) is 6.63. The fraction of sp³-hybridized carbons (Fsp3) is 0.333. The minimum absolute atomic E-state index is 0.403. The molecule has 0 aliphatic heterocycles. The highest BCUT2D eigenvalue weighted by Gasteiger charge is 2.49. The summed E-state index contributed by atoms with van der Waals surface area (Å²) >= 11 is 10.8. The van der Waals surface area contributed by atoms with Crippen molar-refractivity contribution in [3.05, 3.63) is 33.1 Å². The first-order valence-electron chi connectivity index (χ1n) is 3.62. The van der Waals surface area contributed by atoms with E-state index >= 15 is 0 Å². The second kappa shape index (κ2) is 4.14. The Balaban J connectivity index is 3.31. The quantitative estimate of drug-likeness (QED) is 0.257. The first kappa shape index (κ1) is 13.7. The Kier molecular flexibility index (Phi) is 3.54. The summed E-state index contributed by atoms with van der Waals surface area (Å²) in [6, 6.07) is 0. The molecule has 16 heavy (non-hydrogen) atoms. The van der Waals surface area contributed by atoms with Gasteiger partial charge in [0, 0.05) is 21.8 Å². The maximum Gasteiger partial charge on any atom is 0.365 e. The zero-order chi connectivity index (χ0) is 12.7. The Labute approximate surface area is 104 Å². The lowest BCUT2D eigenvalue weighted by Gasteiger charge is -2.20. The molecule has 2 unspecified atom stereocenters. The first-order chi connectivity index (χ1) is 7.09. The van der Waals surface area contributed by atoms with Gasteiger partial charge in [0.05, 0.1) is 4.92 Å². The average Bonchev–Trinajstić information content (AvgIpc) is 2.09. The molecule has 0 saturated heterocycles. The predicted octanol–water partition coefficient (Wildman–Crippen LogP) is 2.13. The Bertz CT molecular complexity index is 502. The van der Waals surface area contributed by atoms with Crippen molar-refractivity contribution >= 4 is 42.9 Å². The van der Waals surface area contributed by atoms with Gasteiger partial charge in [0.1, 0.15) is 5.25 Å². The molecule has 0 bridgehead atoms. The Morgan fingerprint density at radius 1 is 1.56 bits per heavy atom. The van der Waals surface area contributed by atoms with Gasteiger partial charge in [-0.25, -0.2) is 12.8 Å². The van der Waals surface area contributed by atoms with E-state index in [2.05, 4.69) is 0 Å². The molecule has 0 N–H and O–H groups in total. The molecule has 0 saturated carbocycles. The highest BCUT2D eigenvalue weighted by molar-refractivity contribution is 8.14. The van der Waals surface area contributed by atoms with Crippen LogP contribution in [0.15, 0.2) is 23.0 Å². The Morgan fingerprint density at radius 3 is 2.44 bits per heavy atom. The van der Waals surface area contributed by atoms with Gasteiger partial charge in [0.2, 0.25) is 9.05 Å². The largest absolute Gasteiger partial charge is 0.365 e. The van der Waals surface area contributed by atoms with Crippen LogP contribution in [-0.4, -0.2) is 23.6 Å². The summed E-state index contributed by atoms with van der Waals surface area (Å²) in [5.41, 5.74) is 0. The highest BCUT2D eigenvalue weighted by Crippen LogP contribution is 2.38. The molecule has 0 amide bonds. The third-order valence-corrected chi connectivity index (χ3v) is 4.28. The van der Waals surface area contributed by atoms with Crippen molar-refractivity contribution in [1.29, 1.82) is 0 Å². The summed E-state index contributed by atoms with van der Waals surface area (Å²) in [6.45, 7) is 0. The second-order valence-electron chi connectivity index (χ2n) is 2.87. The van der Waals surface area contributed by atoms with Gasteiger partial charge in [-0.2, -0.15) is 0 Å². The van der Waals surface area contributed by atoms with Crippen LogP contribution in [0.5, 0.6) is 0 Å².